The zero-order valence-electron chi connectivity index (χ0n) is 11.9. The van der Waals surface area contributed by atoms with Crippen molar-refractivity contribution in [3.63, 3.8) is 0 Å². The Bertz CT molecular complexity index is 427. The van der Waals surface area contributed by atoms with E-state index in [2.05, 4.69) is 11.8 Å². The SMILES string of the molecule is O=C1CC2C1CCC(O)C2C#CC(O)C1CCCCC1. The number of hydrogen-bond donors (Lipinski definition) is 2. The number of hydrogen-bond acceptors (Lipinski definition) is 3. The molecular weight excluding hydrogens is 252 g/mol. The molecule has 3 aliphatic rings. The van der Waals surface area contributed by atoms with E-state index in [1.54, 1.807) is 0 Å². The molecule has 0 aromatic heterocycles. The quantitative estimate of drug-likeness (QED) is 0.719. The van der Waals surface area contributed by atoms with Crippen LogP contribution in [0.5, 0.6) is 0 Å². The van der Waals surface area contributed by atoms with Crippen LogP contribution >= 0.6 is 0 Å². The number of aliphatic hydroxyl groups excluding tert-OH is 2. The third-order valence-electron chi connectivity index (χ3n) is 5.51. The zero-order valence-corrected chi connectivity index (χ0v) is 11.9. The highest BCUT2D eigenvalue weighted by Crippen LogP contribution is 2.45. The van der Waals surface area contributed by atoms with Gasteiger partial charge in [-0.1, -0.05) is 31.1 Å². The van der Waals surface area contributed by atoms with Crippen LogP contribution in [0, 0.1) is 35.5 Å². The predicted molar refractivity (Wildman–Crippen MR) is 75.7 cm³/mol. The average Bonchev–Trinajstić information content (AvgIpc) is 2.46. The van der Waals surface area contributed by atoms with Crippen LogP contribution in [0.3, 0.4) is 0 Å². The number of carbonyl (C=O) groups excluding carboxylic acids is 1. The molecule has 0 radical (unpaired) electrons. The molecule has 3 heteroatoms. The summed E-state index contributed by atoms with van der Waals surface area (Å²) in [5.41, 5.74) is 0. The van der Waals surface area contributed by atoms with E-state index in [-0.39, 0.29) is 17.8 Å². The van der Waals surface area contributed by atoms with E-state index in [0.29, 0.717) is 24.5 Å². The first kappa shape index (κ1) is 14.1. The van der Waals surface area contributed by atoms with Gasteiger partial charge in [-0.3, -0.25) is 4.79 Å². The molecule has 3 nitrogen and oxygen atoms in total. The molecule has 2 N–H and O–H groups in total. The van der Waals surface area contributed by atoms with Gasteiger partial charge in [0.2, 0.25) is 0 Å². The van der Waals surface area contributed by atoms with Crippen LogP contribution in [-0.2, 0) is 4.79 Å². The molecule has 3 aliphatic carbocycles. The number of fused-ring (bicyclic) bond motifs is 1. The molecule has 0 amide bonds. The summed E-state index contributed by atoms with van der Waals surface area (Å²) >= 11 is 0. The predicted octanol–water partition coefficient (Wildman–Crippen LogP) is 1.91. The Morgan fingerprint density at radius 3 is 2.55 bits per heavy atom. The van der Waals surface area contributed by atoms with Crippen molar-refractivity contribution in [3.8, 4) is 11.8 Å². The Hall–Kier alpha value is -0.850. The van der Waals surface area contributed by atoms with Gasteiger partial charge in [-0.15, -0.1) is 0 Å². The molecule has 110 valence electrons. The normalized spacial score (nSPS) is 39.2. The van der Waals surface area contributed by atoms with Crippen LogP contribution in [0.1, 0.15) is 51.4 Å². The van der Waals surface area contributed by atoms with Crippen LogP contribution in [0.4, 0.5) is 0 Å². The van der Waals surface area contributed by atoms with Crippen molar-refractivity contribution in [1.29, 1.82) is 0 Å². The fraction of sp³-hybridized carbons (Fsp3) is 0.824. The molecule has 3 rings (SSSR count). The van der Waals surface area contributed by atoms with Gasteiger partial charge in [-0.2, -0.15) is 0 Å². The Labute approximate surface area is 120 Å². The lowest BCUT2D eigenvalue weighted by molar-refractivity contribution is -0.141. The molecule has 0 bridgehead atoms. The van der Waals surface area contributed by atoms with E-state index in [4.69, 9.17) is 0 Å². The molecule has 0 aromatic carbocycles. The van der Waals surface area contributed by atoms with Gasteiger partial charge in [0.15, 0.2) is 0 Å². The Balaban J connectivity index is 1.63. The average molecular weight is 276 g/mol. The summed E-state index contributed by atoms with van der Waals surface area (Å²) in [6.45, 7) is 0. The third-order valence-corrected chi connectivity index (χ3v) is 5.51. The molecule has 0 heterocycles. The Morgan fingerprint density at radius 2 is 1.85 bits per heavy atom. The van der Waals surface area contributed by atoms with Crippen LogP contribution in [0.25, 0.3) is 0 Å². The van der Waals surface area contributed by atoms with E-state index < -0.39 is 12.2 Å². The number of rotatable bonds is 1. The van der Waals surface area contributed by atoms with Gasteiger partial charge in [-0.05, 0) is 37.5 Å². The van der Waals surface area contributed by atoms with E-state index in [1.165, 1.54) is 19.3 Å². The monoisotopic (exact) mass is 276 g/mol. The Morgan fingerprint density at radius 1 is 1.10 bits per heavy atom. The molecule has 5 unspecified atom stereocenters. The minimum atomic E-state index is -0.557. The second-order valence-electron chi connectivity index (χ2n) is 6.74. The minimum Gasteiger partial charge on any atom is -0.392 e. The van der Waals surface area contributed by atoms with Crippen LogP contribution < -0.4 is 0 Å². The standard InChI is InChI=1S/C17H24O3/c18-15(11-4-2-1-3-5-11)8-6-12-14-10-17(20)13(14)7-9-16(12)19/h11-16,18-19H,1-5,7,9-10H2. The molecule has 3 fully saturated rings. The highest BCUT2D eigenvalue weighted by atomic mass is 16.3. The van der Waals surface area contributed by atoms with E-state index in [1.807, 2.05) is 0 Å². The number of ketones is 1. The number of Topliss-reactive ketones (excluding diaryl/α,β-unsaturated/α-hetero) is 1. The lowest BCUT2D eigenvalue weighted by Gasteiger charge is -2.44. The van der Waals surface area contributed by atoms with Gasteiger partial charge < -0.3 is 10.2 Å². The van der Waals surface area contributed by atoms with Crippen molar-refractivity contribution in [2.45, 2.75) is 63.6 Å². The molecule has 5 atom stereocenters. The number of carbonyl (C=O) groups is 1. The van der Waals surface area contributed by atoms with Gasteiger partial charge in [0.25, 0.3) is 0 Å². The van der Waals surface area contributed by atoms with Gasteiger partial charge in [-0.25, -0.2) is 0 Å². The first-order chi connectivity index (χ1) is 9.66. The first-order valence-electron chi connectivity index (χ1n) is 8.06. The summed E-state index contributed by atoms with van der Waals surface area (Å²) in [4.78, 5) is 11.5. The van der Waals surface area contributed by atoms with Crippen LogP contribution in [0.2, 0.25) is 0 Å². The molecule has 0 aromatic rings. The van der Waals surface area contributed by atoms with Crippen molar-refractivity contribution in [1.82, 2.24) is 0 Å². The van der Waals surface area contributed by atoms with Crippen molar-refractivity contribution in [2.75, 3.05) is 0 Å². The fourth-order valence-electron chi connectivity index (χ4n) is 4.12. The van der Waals surface area contributed by atoms with Crippen molar-refractivity contribution in [3.05, 3.63) is 0 Å². The topological polar surface area (TPSA) is 57.5 Å². The lowest BCUT2D eigenvalue weighted by atomic mass is 9.59. The highest BCUT2D eigenvalue weighted by Gasteiger charge is 2.48. The van der Waals surface area contributed by atoms with Crippen molar-refractivity contribution in [2.24, 2.45) is 23.7 Å². The maximum absolute atomic E-state index is 11.5. The van der Waals surface area contributed by atoms with Crippen molar-refractivity contribution < 1.29 is 15.0 Å². The smallest absolute Gasteiger partial charge is 0.136 e. The number of aliphatic hydroxyl groups is 2. The largest absolute Gasteiger partial charge is 0.392 e. The summed E-state index contributed by atoms with van der Waals surface area (Å²) in [6.07, 6.45) is 6.85. The van der Waals surface area contributed by atoms with E-state index in [9.17, 15) is 15.0 Å². The van der Waals surface area contributed by atoms with Gasteiger partial charge in [0, 0.05) is 12.3 Å². The van der Waals surface area contributed by atoms with E-state index >= 15 is 0 Å². The second kappa shape index (κ2) is 5.87. The zero-order chi connectivity index (χ0) is 14.1. The molecule has 20 heavy (non-hydrogen) atoms. The minimum absolute atomic E-state index is 0.107. The summed E-state index contributed by atoms with van der Waals surface area (Å²) in [5.74, 6) is 7.00. The third kappa shape index (κ3) is 2.64. The Kier molecular flexibility index (Phi) is 4.14. The highest BCUT2D eigenvalue weighted by molar-refractivity contribution is 5.87. The van der Waals surface area contributed by atoms with Gasteiger partial charge in [0.1, 0.15) is 11.9 Å². The van der Waals surface area contributed by atoms with Crippen molar-refractivity contribution >= 4 is 5.78 Å². The molecule has 0 saturated heterocycles. The van der Waals surface area contributed by atoms with Crippen LogP contribution in [-0.4, -0.2) is 28.2 Å². The summed E-state index contributed by atoms with van der Waals surface area (Å²) < 4.78 is 0. The van der Waals surface area contributed by atoms with Gasteiger partial charge >= 0.3 is 0 Å². The van der Waals surface area contributed by atoms with Crippen LogP contribution in [0.15, 0.2) is 0 Å². The summed E-state index contributed by atoms with van der Waals surface area (Å²) in [6, 6.07) is 0. The lowest BCUT2D eigenvalue weighted by Crippen LogP contribution is -2.49. The summed E-state index contributed by atoms with van der Waals surface area (Å²) in [5, 5.41) is 20.3. The first-order valence-corrected chi connectivity index (χ1v) is 8.06. The molecule has 3 saturated carbocycles. The maximum Gasteiger partial charge on any atom is 0.136 e. The fourth-order valence-corrected chi connectivity index (χ4v) is 4.12. The molecule has 0 spiro atoms. The maximum atomic E-state index is 11.5. The van der Waals surface area contributed by atoms with E-state index in [0.717, 1.165) is 19.3 Å². The summed E-state index contributed by atoms with van der Waals surface area (Å²) in [7, 11) is 0. The van der Waals surface area contributed by atoms with Gasteiger partial charge in [0.05, 0.1) is 12.0 Å². The molecule has 0 aliphatic heterocycles. The second-order valence-corrected chi connectivity index (χ2v) is 6.74. The molecular formula is C17H24O3.